The Kier molecular flexibility index (Phi) is 63.8. The molecule has 0 amide bonds. The average Bonchev–Trinajstić information content (AvgIpc) is 4.04. The third-order valence-corrected chi connectivity index (χ3v) is 8.67. The van der Waals surface area contributed by atoms with Gasteiger partial charge in [-0.25, -0.2) is 0 Å². The fourth-order valence-electron chi connectivity index (χ4n) is 5.38. The minimum absolute atomic E-state index is 0. The molecule has 1 rings (SSSR count). The largest absolute Gasteiger partial charge is 1.00 e. The van der Waals surface area contributed by atoms with Crippen LogP contribution in [0.2, 0.25) is 0 Å². The number of aliphatic hydroxyl groups is 1. The number of nitrogens with zero attached hydrogens (tertiary/aromatic N) is 6. The Bertz CT molecular complexity index is 1140. The predicted octanol–water partition coefficient (Wildman–Crippen LogP) is 11.7. The van der Waals surface area contributed by atoms with Gasteiger partial charge in [-0.2, -0.15) is 0 Å². The topological polar surface area (TPSA) is 193 Å². The van der Waals surface area contributed by atoms with Crippen LogP contribution in [0.3, 0.4) is 0 Å². The van der Waals surface area contributed by atoms with Gasteiger partial charge in [-0.1, -0.05) is 92.2 Å². The van der Waals surface area contributed by atoms with E-state index >= 15 is 0 Å². The van der Waals surface area contributed by atoms with E-state index in [4.69, 9.17) is 38.2 Å². The molecule has 1 aliphatic rings. The molecule has 2 atom stereocenters. The van der Waals surface area contributed by atoms with Crippen molar-refractivity contribution >= 4 is 28.8 Å². The number of methoxy groups -OCH3 is 2. The van der Waals surface area contributed by atoms with E-state index in [9.17, 15) is 14.7 Å². The van der Waals surface area contributed by atoms with Crippen LogP contribution in [0.4, 0.5) is 0 Å². The van der Waals surface area contributed by atoms with Crippen LogP contribution in [0, 0.1) is 30.7 Å². The van der Waals surface area contributed by atoms with E-state index in [1.165, 1.54) is 115 Å². The molecule has 0 spiro atoms. The van der Waals surface area contributed by atoms with Gasteiger partial charge < -0.3 is 30.4 Å². The number of esters is 2. The van der Waals surface area contributed by atoms with Crippen molar-refractivity contribution in [1.29, 1.82) is 0 Å². The van der Waals surface area contributed by atoms with Crippen molar-refractivity contribution in [2.24, 2.45) is 5.11 Å². The van der Waals surface area contributed by atoms with Crippen LogP contribution in [0.5, 0.6) is 0 Å². The summed E-state index contributed by atoms with van der Waals surface area (Å²) in [5.74, 6) is -0.231. The van der Waals surface area contributed by atoms with Crippen molar-refractivity contribution in [1.82, 2.24) is 0 Å². The van der Waals surface area contributed by atoms with Crippen molar-refractivity contribution in [2.45, 2.75) is 179 Å². The van der Waals surface area contributed by atoms with Gasteiger partial charge in [0.05, 0.1) is 39.6 Å². The first-order valence-corrected chi connectivity index (χ1v) is 32.9. The first-order chi connectivity index (χ1) is 28.2. The molecule has 0 aromatic heterocycles. The number of epoxide rings is 1. The number of carbonyl (C=O) groups excluding carboxylic acids is 2. The number of rotatable bonds is 34. The average molecular weight is 1030 g/mol. The standard InChI is InChI=1S/C21H37N3O3.C21H36O3.Ce.3ClH.N3.Na/c1-27-21(26)18-16-14-12-10-8-6-4-2-3-5-7-9-11-13-15-17-20(25)19-23-24-22;1-23-21(22)18-16-14-12-10-8-6-4-2-3-5-7-9-11-13-15-17-20-19-24-20;;;;;1-3-2;/h9-12,20,25H,2-8,13-19H2,1H3;9-12,20H,2-8,13-19H2,1H3;;3*1H;;/q;;+3;;;;-1;+1/p-3/b2*11-9-,12-10-;;;;;;/t20-;;;;;;;/m1......./s1. The van der Waals surface area contributed by atoms with Crippen LogP contribution in [-0.2, 0) is 23.8 Å². The summed E-state index contributed by atoms with van der Waals surface area (Å²) in [7, 11) is 2.87. The molecule has 12 nitrogen and oxygen atoms in total. The Morgan fingerprint density at radius 3 is 1.29 bits per heavy atom. The van der Waals surface area contributed by atoms with Crippen LogP contribution in [0.1, 0.15) is 167 Å². The molecule has 17 heteroatoms. The summed E-state index contributed by atoms with van der Waals surface area (Å²) < 4.78 is 14.4. The van der Waals surface area contributed by atoms with Crippen molar-refractivity contribution in [3.05, 3.63) is 75.0 Å². The van der Waals surface area contributed by atoms with E-state index in [1.807, 2.05) is 0 Å². The van der Waals surface area contributed by atoms with Gasteiger partial charge in [0.25, 0.3) is 0 Å². The molecule has 1 aliphatic heterocycles. The number of aliphatic hydroxyl groups excluding tert-OH is 1. The van der Waals surface area contributed by atoms with Crippen LogP contribution in [0.25, 0.3) is 26.4 Å². The Morgan fingerprint density at radius 2 is 0.966 bits per heavy atom. The van der Waals surface area contributed by atoms with Crippen LogP contribution < -0.4 is 29.6 Å². The number of unbranched alkanes of at least 4 members (excludes halogenated alkanes) is 16. The van der Waals surface area contributed by atoms with Gasteiger partial charge in [-0.3, -0.25) is 14.5 Å². The summed E-state index contributed by atoms with van der Waals surface area (Å²) in [5.41, 5.74) is 36.7. The minimum Gasteiger partial charge on any atom is -0.373 e. The second-order valence-corrected chi connectivity index (χ2v) is 27.5. The fraction of sp³-hybridized carbons (Fsp3) is 0.762. The van der Waals surface area contributed by atoms with E-state index in [-0.39, 0.29) is 48.0 Å². The van der Waals surface area contributed by atoms with Crippen molar-refractivity contribution in [3.63, 3.8) is 0 Å². The third-order valence-electron chi connectivity index (χ3n) is 8.67. The van der Waals surface area contributed by atoms with Gasteiger partial charge in [0.15, 0.2) is 0 Å². The zero-order valence-corrected chi connectivity index (χ0v) is 43.8. The summed E-state index contributed by atoms with van der Waals surface area (Å²) in [6, 6.07) is 0. The molecule has 1 saturated heterocycles. The SMILES string of the molecule is COC(=O)CCC/C=C\CCCCCCC/C=C\CCCC1CO1.COC(=O)CCC/C=C\CCCCCCC/C=C\CCC[C@@H](O)CN=[N+]=[N-].[Cl][Ce]([Cl])[Cl].[N-]=[N+]=[N-].[Na+]. The molecule has 0 radical (unpaired) electrons. The molecule has 0 aromatic carbocycles. The monoisotopic (exact) mass is 1030 g/mol. The van der Waals surface area contributed by atoms with E-state index < -0.39 is 36.8 Å². The van der Waals surface area contributed by atoms with E-state index in [2.05, 4.69) is 68.1 Å². The molecule has 1 N–H and O–H groups in total. The second-order valence-electron chi connectivity index (χ2n) is 13.7. The maximum Gasteiger partial charge on any atom is 1.00 e. The number of allylic oxidation sites excluding steroid dienone is 8. The molecule has 1 unspecified atom stereocenters. The molecule has 59 heavy (non-hydrogen) atoms. The smallest absolute Gasteiger partial charge is 0.373 e. The second kappa shape index (κ2) is 57.7. The van der Waals surface area contributed by atoms with Crippen LogP contribution in [0.15, 0.2) is 53.7 Å². The maximum atomic E-state index is 10.9. The summed E-state index contributed by atoms with van der Waals surface area (Å²) in [4.78, 5) is 26.0. The molecule has 0 aromatic rings. The van der Waals surface area contributed by atoms with E-state index in [1.54, 1.807) is 0 Å². The Balaban J connectivity index is -0.000000437. The summed E-state index contributed by atoms with van der Waals surface area (Å²) in [6.07, 6.45) is 46.7. The molecule has 333 valence electrons. The Morgan fingerprint density at radius 1 is 0.661 bits per heavy atom. The number of hydrogen-bond acceptors (Lipinski definition) is 7. The van der Waals surface area contributed by atoms with Crippen LogP contribution >= 0.6 is 16.9 Å². The van der Waals surface area contributed by atoms with Gasteiger partial charge in [-0.15, -0.1) is 0 Å². The van der Waals surface area contributed by atoms with Gasteiger partial charge in [0.2, 0.25) is 0 Å². The van der Waals surface area contributed by atoms with Crippen molar-refractivity contribution < 1.29 is 89.1 Å². The molecule has 0 aliphatic carbocycles. The molecule has 0 saturated carbocycles. The van der Waals surface area contributed by atoms with Gasteiger partial charge in [-0.05, 0) is 121 Å². The summed E-state index contributed by atoms with van der Waals surface area (Å²) >= 11 is -2.24. The molecule has 1 fully saturated rings. The first kappa shape index (κ1) is 65.3. The summed E-state index contributed by atoms with van der Waals surface area (Å²) in [6.45, 7) is 1.17. The molecule has 0 bridgehead atoms. The Hall–Kier alpha value is -0.313. The van der Waals surface area contributed by atoms with Gasteiger partial charge in [0.1, 0.15) is 0 Å². The number of halogens is 3. The zero-order valence-electron chi connectivity index (χ0n) is 36.4. The summed E-state index contributed by atoms with van der Waals surface area (Å²) in [5, 5.41) is 12.9. The van der Waals surface area contributed by atoms with Crippen molar-refractivity contribution in [3.8, 4) is 0 Å². The molecule has 1 heterocycles. The quantitative estimate of drug-likeness (QED) is 0.00974. The minimum atomic E-state index is -2.24. The maximum absolute atomic E-state index is 10.9. The Labute approximate surface area is 400 Å². The fourth-order valence-corrected chi connectivity index (χ4v) is 5.38. The number of azide groups is 1. The van der Waals surface area contributed by atoms with Crippen LogP contribution in [-0.4, -0.2) is 56.6 Å². The molecular formula is C42H73CeCl3N6NaO6. The number of ether oxygens (including phenoxy) is 3. The van der Waals surface area contributed by atoms with Gasteiger partial charge >= 0.3 is 89.0 Å². The molecular weight excluding hydrogens is 954 g/mol. The zero-order chi connectivity index (χ0) is 43.6. The third kappa shape index (κ3) is 69.6. The number of hydrogen-bond donors (Lipinski definition) is 1. The van der Waals surface area contributed by atoms with E-state index in [0.717, 1.165) is 58.0 Å². The number of carbonyl (C=O) groups is 2. The predicted molar refractivity (Wildman–Crippen MR) is 238 cm³/mol. The van der Waals surface area contributed by atoms with Crippen molar-refractivity contribution in [2.75, 3.05) is 27.4 Å². The van der Waals surface area contributed by atoms with Gasteiger partial charge in [0, 0.05) is 17.8 Å². The van der Waals surface area contributed by atoms with E-state index in [0.29, 0.717) is 25.4 Å². The first-order valence-electron chi connectivity index (χ1n) is 21.0. The normalized spacial score (nSPS) is 13.2.